The molecule has 9 nitrogen and oxygen atoms in total. The summed E-state index contributed by atoms with van der Waals surface area (Å²) in [5.41, 5.74) is 0.973. The number of piperazine rings is 1. The van der Waals surface area contributed by atoms with Crippen molar-refractivity contribution in [2.45, 2.75) is 32.2 Å². The van der Waals surface area contributed by atoms with E-state index in [0.29, 0.717) is 65.6 Å². The van der Waals surface area contributed by atoms with Crippen molar-refractivity contribution >= 4 is 17.7 Å². The first-order valence-electron chi connectivity index (χ1n) is 12.8. The lowest BCUT2D eigenvalue weighted by molar-refractivity contribution is -0.140. The zero-order chi connectivity index (χ0) is 24.8. The van der Waals surface area contributed by atoms with Crippen molar-refractivity contribution in [1.82, 2.24) is 19.6 Å². The molecule has 3 aliphatic heterocycles. The highest BCUT2D eigenvalue weighted by atomic mass is 16.5. The molecule has 0 saturated carbocycles. The molecule has 0 N–H and O–H groups in total. The average Bonchev–Trinajstić information content (AvgIpc) is 3.23. The summed E-state index contributed by atoms with van der Waals surface area (Å²) in [6.45, 7) is 8.10. The van der Waals surface area contributed by atoms with E-state index in [2.05, 4.69) is 11.8 Å². The summed E-state index contributed by atoms with van der Waals surface area (Å²) in [5.74, 6) is 0.573. The minimum Gasteiger partial charge on any atom is -0.497 e. The maximum atomic E-state index is 13.7. The highest BCUT2D eigenvalue weighted by Gasteiger charge is 2.45. The third-order valence-corrected chi connectivity index (χ3v) is 7.37. The Morgan fingerprint density at radius 1 is 1.00 bits per heavy atom. The fraction of sp³-hybridized carbons (Fsp3) is 0.654. The smallest absolute Gasteiger partial charge is 0.236 e. The van der Waals surface area contributed by atoms with E-state index in [0.717, 1.165) is 24.2 Å². The number of benzene rings is 1. The summed E-state index contributed by atoms with van der Waals surface area (Å²) in [7, 11) is 1.63. The van der Waals surface area contributed by atoms with Crippen molar-refractivity contribution in [2.75, 3.05) is 72.7 Å². The van der Waals surface area contributed by atoms with Crippen molar-refractivity contribution in [3.8, 4) is 5.75 Å². The van der Waals surface area contributed by atoms with Crippen LogP contribution in [0.25, 0.3) is 0 Å². The van der Waals surface area contributed by atoms with Gasteiger partial charge >= 0.3 is 0 Å². The number of hydrogen-bond acceptors (Lipinski definition) is 6. The second kappa shape index (κ2) is 11.9. The van der Waals surface area contributed by atoms with Crippen molar-refractivity contribution in [3.63, 3.8) is 0 Å². The quantitative estimate of drug-likeness (QED) is 0.552. The fourth-order valence-corrected chi connectivity index (χ4v) is 5.28. The summed E-state index contributed by atoms with van der Waals surface area (Å²) >= 11 is 0. The molecule has 35 heavy (non-hydrogen) atoms. The van der Waals surface area contributed by atoms with Crippen LogP contribution >= 0.6 is 0 Å². The number of nitrogens with zero attached hydrogens (tertiary/aromatic N) is 4. The first-order chi connectivity index (χ1) is 17.0. The van der Waals surface area contributed by atoms with Crippen molar-refractivity contribution in [2.24, 2.45) is 5.92 Å². The van der Waals surface area contributed by atoms with Crippen LogP contribution in [0.5, 0.6) is 5.75 Å². The summed E-state index contributed by atoms with van der Waals surface area (Å²) in [4.78, 5) is 47.0. The van der Waals surface area contributed by atoms with Gasteiger partial charge in [-0.2, -0.15) is 0 Å². The molecular weight excluding hydrogens is 448 g/mol. The molecule has 0 aliphatic carbocycles. The molecule has 3 saturated heterocycles. The van der Waals surface area contributed by atoms with Gasteiger partial charge in [-0.25, -0.2) is 0 Å². The van der Waals surface area contributed by atoms with Crippen LogP contribution in [0.2, 0.25) is 0 Å². The summed E-state index contributed by atoms with van der Waals surface area (Å²) in [5, 5.41) is 0. The summed E-state index contributed by atoms with van der Waals surface area (Å²) in [6, 6.07) is 7.46. The van der Waals surface area contributed by atoms with Crippen LogP contribution in [0, 0.1) is 5.92 Å². The zero-order valence-corrected chi connectivity index (χ0v) is 21.0. The monoisotopic (exact) mass is 486 g/mol. The first kappa shape index (κ1) is 25.4. The molecular formula is C26H38N4O5. The van der Waals surface area contributed by atoms with Gasteiger partial charge in [0.1, 0.15) is 5.75 Å². The third kappa shape index (κ3) is 5.95. The van der Waals surface area contributed by atoms with E-state index in [4.69, 9.17) is 9.47 Å². The van der Waals surface area contributed by atoms with Crippen molar-refractivity contribution in [1.29, 1.82) is 0 Å². The van der Waals surface area contributed by atoms with Crippen LogP contribution in [0.15, 0.2) is 24.3 Å². The van der Waals surface area contributed by atoms with Gasteiger partial charge < -0.3 is 24.2 Å². The van der Waals surface area contributed by atoms with Crippen LogP contribution in [0.4, 0.5) is 0 Å². The number of likely N-dealkylation sites (tertiary alicyclic amines) is 1. The molecule has 0 bridgehead atoms. The van der Waals surface area contributed by atoms with E-state index >= 15 is 0 Å². The Hall–Kier alpha value is -2.65. The van der Waals surface area contributed by atoms with Gasteiger partial charge in [0, 0.05) is 52.2 Å². The second-order valence-corrected chi connectivity index (χ2v) is 9.56. The minimum absolute atomic E-state index is 0.0392. The average molecular weight is 487 g/mol. The maximum absolute atomic E-state index is 13.7. The predicted molar refractivity (Wildman–Crippen MR) is 131 cm³/mol. The topological polar surface area (TPSA) is 82.6 Å². The number of amides is 3. The van der Waals surface area contributed by atoms with Crippen LogP contribution in [-0.4, -0.2) is 110 Å². The number of carbonyl (C=O) groups excluding carboxylic acids is 3. The molecule has 3 heterocycles. The Bertz CT molecular complexity index is 878. The number of carbonyl (C=O) groups is 3. The Morgan fingerprint density at radius 3 is 2.31 bits per heavy atom. The highest BCUT2D eigenvalue weighted by Crippen LogP contribution is 2.40. The van der Waals surface area contributed by atoms with E-state index in [1.54, 1.807) is 7.11 Å². The molecule has 3 amide bonds. The number of hydrogen-bond donors (Lipinski definition) is 0. The molecule has 0 aromatic heterocycles. The Morgan fingerprint density at radius 2 is 1.69 bits per heavy atom. The Kier molecular flexibility index (Phi) is 8.62. The zero-order valence-electron chi connectivity index (χ0n) is 21.0. The van der Waals surface area contributed by atoms with E-state index < -0.39 is 5.92 Å². The van der Waals surface area contributed by atoms with Gasteiger partial charge in [0.25, 0.3) is 0 Å². The largest absolute Gasteiger partial charge is 0.497 e. The molecule has 4 rings (SSSR count). The van der Waals surface area contributed by atoms with Crippen molar-refractivity contribution < 1.29 is 23.9 Å². The van der Waals surface area contributed by atoms with Gasteiger partial charge in [-0.05, 0) is 24.1 Å². The first-order valence-corrected chi connectivity index (χ1v) is 12.8. The number of methoxy groups -OCH3 is 1. The van der Waals surface area contributed by atoms with Gasteiger partial charge in [0.2, 0.25) is 17.7 Å². The molecule has 192 valence electrons. The molecule has 1 aromatic rings. The van der Waals surface area contributed by atoms with Crippen LogP contribution in [0.3, 0.4) is 0 Å². The van der Waals surface area contributed by atoms with Gasteiger partial charge in [0.05, 0.1) is 38.8 Å². The van der Waals surface area contributed by atoms with Gasteiger partial charge in [0.15, 0.2) is 0 Å². The van der Waals surface area contributed by atoms with E-state index in [1.165, 1.54) is 0 Å². The lowest BCUT2D eigenvalue weighted by Gasteiger charge is -2.38. The molecule has 3 aliphatic rings. The maximum Gasteiger partial charge on any atom is 0.236 e. The molecule has 0 radical (unpaired) electrons. The van der Waals surface area contributed by atoms with E-state index in [9.17, 15) is 14.4 Å². The van der Waals surface area contributed by atoms with Gasteiger partial charge in [-0.15, -0.1) is 0 Å². The molecule has 2 atom stereocenters. The molecule has 9 heteroatoms. The molecule has 2 unspecified atom stereocenters. The van der Waals surface area contributed by atoms with Crippen LogP contribution < -0.4 is 4.74 Å². The number of morpholine rings is 1. The molecule has 1 aromatic carbocycles. The lowest BCUT2D eigenvalue weighted by Crippen LogP contribution is -2.53. The lowest BCUT2D eigenvalue weighted by atomic mass is 9.92. The van der Waals surface area contributed by atoms with E-state index in [1.807, 2.05) is 39.0 Å². The van der Waals surface area contributed by atoms with Crippen LogP contribution in [0.1, 0.15) is 37.8 Å². The minimum atomic E-state index is -0.394. The number of rotatable bonds is 8. The van der Waals surface area contributed by atoms with Crippen molar-refractivity contribution in [3.05, 3.63) is 29.8 Å². The Labute approximate surface area is 207 Å². The number of unbranched alkanes of at least 4 members (excludes halogenated alkanes) is 1. The summed E-state index contributed by atoms with van der Waals surface area (Å²) in [6.07, 6.45) is 2.15. The van der Waals surface area contributed by atoms with Gasteiger partial charge in [-0.1, -0.05) is 25.5 Å². The SMILES string of the molecule is CCCCN1C(=O)CC(C(=O)N2CCN(CC(=O)N3CCOCC3)CC2)C1c1ccc(OC)cc1. The third-order valence-electron chi connectivity index (χ3n) is 7.37. The standard InChI is InChI=1S/C26H38N4O5/c1-3-4-9-30-23(31)18-22(25(30)20-5-7-21(34-2)8-6-20)26(33)29-12-10-27(11-13-29)19-24(32)28-14-16-35-17-15-28/h5-8,22,25H,3-4,9-19H2,1-2H3. The number of ether oxygens (including phenoxy) is 2. The predicted octanol–water partition coefficient (Wildman–Crippen LogP) is 1.39. The van der Waals surface area contributed by atoms with Crippen LogP contribution in [-0.2, 0) is 19.1 Å². The normalized spacial score (nSPS) is 23.6. The fourth-order valence-electron chi connectivity index (χ4n) is 5.28. The summed E-state index contributed by atoms with van der Waals surface area (Å²) < 4.78 is 10.6. The van der Waals surface area contributed by atoms with E-state index in [-0.39, 0.29) is 30.2 Å². The second-order valence-electron chi connectivity index (χ2n) is 9.56. The molecule has 0 spiro atoms. The molecule has 3 fully saturated rings. The Balaban J connectivity index is 1.40. The van der Waals surface area contributed by atoms with Gasteiger partial charge in [-0.3, -0.25) is 19.3 Å². The highest BCUT2D eigenvalue weighted by molar-refractivity contribution is 5.90.